The van der Waals surface area contributed by atoms with Crippen LogP contribution in [-0.4, -0.2) is 41.4 Å². The van der Waals surface area contributed by atoms with Crippen LogP contribution >= 0.6 is 0 Å². The van der Waals surface area contributed by atoms with Crippen LogP contribution in [-0.2, 0) is 28.4 Å². The van der Waals surface area contributed by atoms with E-state index in [1.807, 2.05) is 13.0 Å². The Labute approximate surface area is 184 Å². The molecular weight excluding hydrogens is 432 g/mol. The molecule has 1 aromatic heterocycles. The number of anilines is 1. The van der Waals surface area contributed by atoms with Crippen LogP contribution in [0.5, 0.6) is 0 Å². The van der Waals surface area contributed by atoms with E-state index >= 15 is 0 Å². The van der Waals surface area contributed by atoms with Crippen molar-refractivity contribution in [3.8, 4) is 0 Å². The first kappa shape index (κ1) is 21.8. The molecule has 168 valence electrons. The van der Waals surface area contributed by atoms with Crippen LogP contribution in [0.15, 0.2) is 56.9 Å². The first-order valence-corrected chi connectivity index (χ1v) is 11.8. The van der Waals surface area contributed by atoms with Gasteiger partial charge in [-0.15, -0.1) is 0 Å². The van der Waals surface area contributed by atoms with Gasteiger partial charge in [0.05, 0.1) is 15.8 Å². The van der Waals surface area contributed by atoms with E-state index < -0.39 is 21.3 Å². The van der Waals surface area contributed by atoms with E-state index in [9.17, 15) is 22.8 Å². The number of amides is 1. The summed E-state index contributed by atoms with van der Waals surface area (Å²) in [6.45, 7) is 2.68. The van der Waals surface area contributed by atoms with Crippen LogP contribution in [0.2, 0.25) is 0 Å². The van der Waals surface area contributed by atoms with Crippen LogP contribution in [0.3, 0.4) is 0 Å². The molecule has 4 rings (SSSR count). The maximum atomic E-state index is 13.1. The molecule has 0 saturated carbocycles. The SMILES string of the molecule is Cc1cccc(NS(=O)(=O)c2ccc3c(c2)c(=O)n(CC(=O)N2CCCC2)c(=O)n3C)c1. The van der Waals surface area contributed by atoms with E-state index in [1.54, 1.807) is 23.1 Å². The lowest BCUT2D eigenvalue weighted by atomic mass is 10.2. The summed E-state index contributed by atoms with van der Waals surface area (Å²) in [4.78, 5) is 39.9. The highest BCUT2D eigenvalue weighted by atomic mass is 32.2. The molecule has 1 amide bonds. The normalized spacial score (nSPS) is 14.1. The number of nitrogens with zero attached hydrogens (tertiary/aromatic N) is 3. The van der Waals surface area contributed by atoms with Crippen molar-refractivity contribution in [2.45, 2.75) is 31.2 Å². The van der Waals surface area contributed by atoms with Crippen molar-refractivity contribution in [1.82, 2.24) is 14.0 Å². The summed E-state index contributed by atoms with van der Waals surface area (Å²) in [6, 6.07) is 10.9. The number of carbonyl (C=O) groups is 1. The van der Waals surface area contributed by atoms with Crippen LogP contribution < -0.4 is 16.0 Å². The molecule has 32 heavy (non-hydrogen) atoms. The molecule has 0 aliphatic carbocycles. The number of rotatable bonds is 5. The van der Waals surface area contributed by atoms with Crippen LogP contribution in [0, 0.1) is 6.92 Å². The Balaban J connectivity index is 1.76. The molecule has 0 bridgehead atoms. The summed E-state index contributed by atoms with van der Waals surface area (Å²) in [5.41, 5.74) is 0.273. The molecule has 1 N–H and O–H groups in total. The molecule has 0 atom stereocenters. The van der Waals surface area contributed by atoms with Crippen molar-refractivity contribution >= 4 is 32.5 Å². The number of carbonyl (C=O) groups excluding carboxylic acids is 1. The molecule has 0 unspecified atom stereocenters. The lowest BCUT2D eigenvalue weighted by molar-refractivity contribution is -0.130. The second-order valence-corrected chi connectivity index (χ2v) is 9.66. The van der Waals surface area contributed by atoms with Gasteiger partial charge < -0.3 is 4.90 Å². The summed E-state index contributed by atoms with van der Waals surface area (Å²) in [6.07, 6.45) is 1.79. The third kappa shape index (κ3) is 4.05. The number of fused-ring (bicyclic) bond motifs is 1. The van der Waals surface area contributed by atoms with Gasteiger partial charge in [-0.25, -0.2) is 13.2 Å². The zero-order chi connectivity index (χ0) is 23.0. The van der Waals surface area contributed by atoms with Gasteiger partial charge in [-0.05, 0) is 55.7 Å². The van der Waals surface area contributed by atoms with E-state index in [-0.39, 0.29) is 22.7 Å². The van der Waals surface area contributed by atoms with Gasteiger partial charge in [0.2, 0.25) is 5.91 Å². The predicted molar refractivity (Wildman–Crippen MR) is 121 cm³/mol. The maximum Gasteiger partial charge on any atom is 0.331 e. The predicted octanol–water partition coefficient (Wildman–Crippen LogP) is 1.43. The number of likely N-dealkylation sites (tertiary alicyclic amines) is 1. The second-order valence-electron chi connectivity index (χ2n) is 7.97. The highest BCUT2D eigenvalue weighted by Crippen LogP contribution is 2.20. The van der Waals surface area contributed by atoms with E-state index in [2.05, 4.69) is 4.72 Å². The third-order valence-corrected chi connectivity index (χ3v) is 7.03. The van der Waals surface area contributed by atoms with Gasteiger partial charge in [-0.1, -0.05) is 12.1 Å². The molecule has 0 spiro atoms. The fourth-order valence-corrected chi connectivity index (χ4v) is 5.00. The van der Waals surface area contributed by atoms with E-state index in [0.717, 1.165) is 23.0 Å². The van der Waals surface area contributed by atoms with Gasteiger partial charge in [0.25, 0.3) is 15.6 Å². The largest absolute Gasteiger partial charge is 0.341 e. The molecule has 3 aromatic rings. The fourth-order valence-electron chi connectivity index (χ4n) is 3.93. The molecule has 1 aliphatic rings. The Morgan fingerprint density at radius 2 is 1.78 bits per heavy atom. The minimum Gasteiger partial charge on any atom is -0.341 e. The molecule has 2 heterocycles. The zero-order valence-electron chi connectivity index (χ0n) is 17.9. The highest BCUT2D eigenvalue weighted by molar-refractivity contribution is 7.92. The summed E-state index contributed by atoms with van der Waals surface area (Å²) in [5.74, 6) is -0.300. The van der Waals surface area contributed by atoms with Gasteiger partial charge in [0, 0.05) is 25.8 Å². The van der Waals surface area contributed by atoms with Crippen LogP contribution in [0.25, 0.3) is 10.9 Å². The van der Waals surface area contributed by atoms with Crippen molar-refractivity contribution in [1.29, 1.82) is 0 Å². The van der Waals surface area contributed by atoms with E-state index in [1.165, 1.54) is 29.8 Å². The van der Waals surface area contributed by atoms with Gasteiger partial charge in [-0.3, -0.25) is 23.4 Å². The van der Waals surface area contributed by atoms with Crippen molar-refractivity contribution in [3.63, 3.8) is 0 Å². The van der Waals surface area contributed by atoms with Crippen LogP contribution in [0.1, 0.15) is 18.4 Å². The van der Waals surface area contributed by atoms with E-state index in [4.69, 9.17) is 0 Å². The van der Waals surface area contributed by atoms with Gasteiger partial charge in [-0.2, -0.15) is 0 Å². The summed E-state index contributed by atoms with van der Waals surface area (Å²) in [7, 11) is -2.48. The van der Waals surface area contributed by atoms with Gasteiger partial charge in [0.1, 0.15) is 6.54 Å². The molecule has 10 heteroatoms. The Bertz CT molecular complexity index is 1430. The molecule has 1 aliphatic heterocycles. The topological polar surface area (TPSA) is 110 Å². The minimum absolute atomic E-state index is 0.0495. The fraction of sp³-hybridized carbons (Fsp3) is 0.318. The van der Waals surface area contributed by atoms with Crippen molar-refractivity contribution in [3.05, 3.63) is 68.9 Å². The molecule has 9 nitrogen and oxygen atoms in total. The molecule has 1 fully saturated rings. The maximum absolute atomic E-state index is 13.1. The quantitative estimate of drug-likeness (QED) is 0.625. The molecule has 2 aromatic carbocycles. The number of sulfonamides is 1. The Hall–Kier alpha value is -3.40. The first-order valence-electron chi connectivity index (χ1n) is 10.3. The van der Waals surface area contributed by atoms with Crippen molar-refractivity contribution in [2.75, 3.05) is 17.8 Å². The molecule has 0 radical (unpaired) electrons. The van der Waals surface area contributed by atoms with Gasteiger partial charge in [0.15, 0.2) is 0 Å². The summed E-state index contributed by atoms with van der Waals surface area (Å²) < 4.78 is 30.4. The molecule has 1 saturated heterocycles. The second kappa shape index (κ2) is 8.27. The number of aryl methyl sites for hydroxylation is 2. The highest BCUT2D eigenvalue weighted by Gasteiger charge is 2.22. The Morgan fingerprint density at radius 1 is 1.06 bits per heavy atom. The average Bonchev–Trinajstić information content (AvgIpc) is 3.29. The average molecular weight is 457 g/mol. The number of aromatic nitrogens is 2. The lowest BCUT2D eigenvalue weighted by Crippen LogP contribution is -2.43. The van der Waals surface area contributed by atoms with Crippen molar-refractivity contribution < 1.29 is 13.2 Å². The standard InChI is InChI=1S/C22H24N4O5S/c1-15-6-5-7-16(12-15)23-32(30,31)17-8-9-19-18(13-17)21(28)26(22(29)24(19)2)14-20(27)25-10-3-4-11-25/h5-9,12-13,23H,3-4,10-11,14H2,1-2H3. The summed E-state index contributed by atoms with van der Waals surface area (Å²) >= 11 is 0. The van der Waals surface area contributed by atoms with E-state index in [0.29, 0.717) is 24.3 Å². The van der Waals surface area contributed by atoms with Crippen LogP contribution in [0.4, 0.5) is 5.69 Å². The summed E-state index contributed by atoms with van der Waals surface area (Å²) in [5, 5.41) is 0.0495. The smallest absolute Gasteiger partial charge is 0.331 e. The molecular formula is C22H24N4O5S. The number of benzene rings is 2. The zero-order valence-corrected chi connectivity index (χ0v) is 18.7. The third-order valence-electron chi connectivity index (χ3n) is 5.66. The minimum atomic E-state index is -3.97. The Kier molecular flexibility index (Phi) is 5.64. The monoisotopic (exact) mass is 456 g/mol. The first-order chi connectivity index (χ1) is 15.2. The van der Waals surface area contributed by atoms with Crippen molar-refractivity contribution in [2.24, 2.45) is 7.05 Å². The van der Waals surface area contributed by atoms with Gasteiger partial charge >= 0.3 is 5.69 Å². The lowest BCUT2D eigenvalue weighted by Gasteiger charge is -2.17. The Morgan fingerprint density at radius 3 is 2.47 bits per heavy atom. The number of hydrogen-bond donors (Lipinski definition) is 1. The number of hydrogen-bond acceptors (Lipinski definition) is 5. The number of nitrogens with one attached hydrogen (secondary N) is 1.